The maximum Gasteiger partial charge on any atom is 0.251 e. The summed E-state index contributed by atoms with van der Waals surface area (Å²) in [5.74, 6) is 0.785. The van der Waals surface area contributed by atoms with E-state index in [1.807, 2.05) is 59.7 Å². The van der Waals surface area contributed by atoms with Crippen molar-refractivity contribution in [1.29, 1.82) is 0 Å². The van der Waals surface area contributed by atoms with E-state index in [1.54, 1.807) is 18.9 Å². The summed E-state index contributed by atoms with van der Waals surface area (Å²) in [7, 11) is 1.64. The highest BCUT2D eigenvalue weighted by molar-refractivity contribution is 7.98. The minimum absolute atomic E-state index is 0.0894. The molecule has 1 aliphatic rings. The first-order chi connectivity index (χ1) is 13.1. The van der Waals surface area contributed by atoms with Gasteiger partial charge in [-0.3, -0.25) is 9.59 Å². The first-order valence-corrected chi connectivity index (χ1v) is 10.2. The third-order valence-corrected chi connectivity index (χ3v) is 5.47. The Morgan fingerprint density at radius 2 is 1.89 bits per heavy atom. The molecule has 3 rings (SSSR count). The number of carbonyl (C=O) groups excluding carboxylic acids is 2. The van der Waals surface area contributed by atoms with Crippen molar-refractivity contribution < 1.29 is 14.3 Å². The Morgan fingerprint density at radius 3 is 2.52 bits per heavy atom. The fourth-order valence-electron chi connectivity index (χ4n) is 3.15. The number of benzene rings is 2. The van der Waals surface area contributed by atoms with Crippen molar-refractivity contribution in [3.05, 3.63) is 59.7 Å². The lowest BCUT2D eigenvalue weighted by Gasteiger charge is -2.17. The molecule has 6 heteroatoms. The lowest BCUT2D eigenvalue weighted by atomic mass is 10.1. The highest BCUT2D eigenvalue weighted by Gasteiger charge is 2.30. The zero-order valence-corrected chi connectivity index (χ0v) is 16.4. The molecule has 142 valence electrons. The number of carbonyl (C=O) groups is 2. The monoisotopic (exact) mass is 384 g/mol. The van der Waals surface area contributed by atoms with Gasteiger partial charge < -0.3 is 15.0 Å². The largest absolute Gasteiger partial charge is 0.497 e. The molecule has 2 aromatic rings. The third kappa shape index (κ3) is 5.04. The normalized spacial score (nSPS) is 16.4. The van der Waals surface area contributed by atoms with Gasteiger partial charge in [0.2, 0.25) is 5.91 Å². The molecule has 2 aromatic carbocycles. The third-order valence-electron chi connectivity index (χ3n) is 4.73. The quantitative estimate of drug-likeness (QED) is 0.746. The van der Waals surface area contributed by atoms with Gasteiger partial charge in [0.05, 0.1) is 13.2 Å². The molecule has 1 fully saturated rings. The van der Waals surface area contributed by atoms with Gasteiger partial charge in [0, 0.05) is 30.0 Å². The van der Waals surface area contributed by atoms with Crippen molar-refractivity contribution in [1.82, 2.24) is 10.2 Å². The smallest absolute Gasteiger partial charge is 0.251 e. The minimum atomic E-state index is -0.138. The molecule has 0 unspecified atom stereocenters. The second-order valence-corrected chi connectivity index (χ2v) is 7.42. The molecule has 1 atom stereocenters. The number of thioether (sulfide) groups is 1. The van der Waals surface area contributed by atoms with E-state index in [9.17, 15) is 9.59 Å². The number of methoxy groups -OCH3 is 1. The maximum absolute atomic E-state index is 12.4. The Morgan fingerprint density at radius 1 is 1.19 bits per heavy atom. The van der Waals surface area contributed by atoms with Crippen molar-refractivity contribution in [2.45, 2.75) is 23.8 Å². The molecular weight excluding hydrogens is 360 g/mol. The predicted octanol–water partition coefficient (Wildman–Crippen LogP) is 2.99. The Bertz CT molecular complexity index is 790. The van der Waals surface area contributed by atoms with Gasteiger partial charge in [0.25, 0.3) is 5.91 Å². The molecule has 0 aliphatic carbocycles. The zero-order chi connectivity index (χ0) is 19.2. The average Bonchev–Trinajstić information content (AvgIpc) is 3.05. The molecule has 5 nitrogen and oxygen atoms in total. The predicted molar refractivity (Wildman–Crippen MR) is 107 cm³/mol. The Labute approximate surface area is 164 Å². The molecule has 0 spiro atoms. The van der Waals surface area contributed by atoms with Gasteiger partial charge in [-0.25, -0.2) is 0 Å². The van der Waals surface area contributed by atoms with Crippen LogP contribution in [0.1, 0.15) is 22.3 Å². The van der Waals surface area contributed by atoms with E-state index in [-0.39, 0.29) is 17.9 Å². The van der Waals surface area contributed by atoms with Crippen LogP contribution < -0.4 is 10.1 Å². The van der Waals surface area contributed by atoms with Gasteiger partial charge >= 0.3 is 0 Å². The summed E-state index contributed by atoms with van der Waals surface area (Å²) in [4.78, 5) is 27.6. The molecule has 0 bridgehead atoms. The minimum Gasteiger partial charge on any atom is -0.497 e. The molecule has 1 aliphatic heterocycles. The van der Waals surface area contributed by atoms with Crippen molar-refractivity contribution in [2.75, 3.05) is 26.5 Å². The first kappa shape index (κ1) is 19.3. The fourth-order valence-corrected chi connectivity index (χ4v) is 3.56. The number of amides is 2. The number of likely N-dealkylation sites (tertiary alicyclic amines) is 1. The number of nitrogens with one attached hydrogen (secondary N) is 1. The van der Waals surface area contributed by atoms with Gasteiger partial charge in [-0.2, -0.15) is 0 Å². The lowest BCUT2D eigenvalue weighted by Crippen LogP contribution is -2.37. The SMILES string of the molecule is COc1ccc(CCN2C[C@@H](NC(=O)c3ccc(SC)cc3)CC2=O)cc1. The van der Waals surface area contributed by atoms with E-state index >= 15 is 0 Å². The number of ether oxygens (including phenoxy) is 1. The van der Waals surface area contributed by atoms with Gasteiger partial charge in [-0.05, 0) is 54.6 Å². The Balaban J connectivity index is 1.50. The van der Waals surface area contributed by atoms with Crippen LogP contribution in [-0.4, -0.2) is 49.2 Å². The Kier molecular flexibility index (Phi) is 6.40. The van der Waals surface area contributed by atoms with Crippen molar-refractivity contribution in [2.24, 2.45) is 0 Å². The second-order valence-electron chi connectivity index (χ2n) is 6.54. The number of nitrogens with zero attached hydrogens (tertiary/aromatic N) is 1. The van der Waals surface area contributed by atoms with Crippen LogP contribution in [0.4, 0.5) is 0 Å². The molecular formula is C21H24N2O3S. The summed E-state index contributed by atoms with van der Waals surface area (Å²) in [6, 6.07) is 15.2. The summed E-state index contributed by atoms with van der Waals surface area (Å²) in [6.07, 6.45) is 3.14. The van der Waals surface area contributed by atoms with Crippen LogP contribution in [0.3, 0.4) is 0 Å². The summed E-state index contributed by atoms with van der Waals surface area (Å²) < 4.78 is 5.16. The van der Waals surface area contributed by atoms with Crippen LogP contribution in [0.2, 0.25) is 0 Å². The van der Waals surface area contributed by atoms with Crippen molar-refractivity contribution >= 4 is 23.6 Å². The molecule has 1 heterocycles. The van der Waals surface area contributed by atoms with E-state index in [4.69, 9.17) is 4.74 Å². The standard InChI is InChI=1S/C21H24N2O3S/c1-26-18-7-3-15(4-8-18)11-12-23-14-17(13-20(23)24)22-21(25)16-5-9-19(27-2)10-6-16/h3-10,17H,11-14H2,1-2H3,(H,22,25)/t17-/m0/s1. The highest BCUT2D eigenvalue weighted by Crippen LogP contribution is 2.17. The summed E-state index contributed by atoms with van der Waals surface area (Å²) >= 11 is 1.64. The van der Waals surface area contributed by atoms with Crippen LogP contribution in [0, 0.1) is 0 Å². The molecule has 1 N–H and O–H groups in total. The average molecular weight is 385 g/mol. The van der Waals surface area contributed by atoms with Crippen molar-refractivity contribution in [3.8, 4) is 5.75 Å². The van der Waals surface area contributed by atoms with E-state index in [0.29, 0.717) is 25.1 Å². The Hall–Kier alpha value is -2.47. The number of rotatable bonds is 7. The van der Waals surface area contributed by atoms with Gasteiger partial charge in [0.1, 0.15) is 5.75 Å². The zero-order valence-electron chi connectivity index (χ0n) is 15.6. The van der Waals surface area contributed by atoms with E-state index in [0.717, 1.165) is 22.6 Å². The first-order valence-electron chi connectivity index (χ1n) is 8.94. The summed E-state index contributed by atoms with van der Waals surface area (Å²) in [5, 5.41) is 2.98. The highest BCUT2D eigenvalue weighted by atomic mass is 32.2. The van der Waals surface area contributed by atoms with Gasteiger partial charge in [-0.1, -0.05) is 12.1 Å². The van der Waals surface area contributed by atoms with Crippen molar-refractivity contribution in [3.63, 3.8) is 0 Å². The van der Waals surface area contributed by atoms with Gasteiger partial charge in [-0.15, -0.1) is 11.8 Å². The maximum atomic E-state index is 12.4. The van der Waals surface area contributed by atoms with Crippen LogP contribution in [0.15, 0.2) is 53.4 Å². The summed E-state index contributed by atoms with van der Waals surface area (Å²) in [6.45, 7) is 1.21. The lowest BCUT2D eigenvalue weighted by molar-refractivity contribution is -0.127. The molecule has 0 aromatic heterocycles. The molecule has 1 saturated heterocycles. The van der Waals surface area contributed by atoms with E-state index in [2.05, 4.69) is 5.32 Å². The van der Waals surface area contributed by atoms with E-state index < -0.39 is 0 Å². The van der Waals surface area contributed by atoms with Crippen LogP contribution in [-0.2, 0) is 11.2 Å². The number of hydrogen-bond acceptors (Lipinski definition) is 4. The topological polar surface area (TPSA) is 58.6 Å². The molecule has 2 amide bonds. The second kappa shape index (κ2) is 8.95. The van der Waals surface area contributed by atoms with Gasteiger partial charge in [0.15, 0.2) is 0 Å². The van der Waals surface area contributed by atoms with Crippen LogP contribution in [0.5, 0.6) is 5.75 Å². The summed E-state index contributed by atoms with van der Waals surface area (Å²) in [5.41, 5.74) is 1.78. The fraction of sp³-hybridized carbons (Fsp3) is 0.333. The molecule has 0 radical (unpaired) electrons. The van der Waals surface area contributed by atoms with E-state index in [1.165, 1.54) is 0 Å². The number of hydrogen-bond donors (Lipinski definition) is 1. The van der Waals surface area contributed by atoms with Crippen LogP contribution in [0.25, 0.3) is 0 Å². The van der Waals surface area contributed by atoms with Crippen LogP contribution >= 0.6 is 11.8 Å². The molecule has 27 heavy (non-hydrogen) atoms. The molecule has 0 saturated carbocycles.